The van der Waals surface area contributed by atoms with Gasteiger partial charge in [-0.25, -0.2) is 0 Å². The SMILES string of the molecule is CCCC1CN(C(CC)CC)C(C)(c2ccccc2)CN1. The summed E-state index contributed by atoms with van der Waals surface area (Å²) in [5.41, 5.74) is 1.56. The maximum Gasteiger partial charge on any atom is 0.0560 e. The van der Waals surface area contributed by atoms with E-state index in [4.69, 9.17) is 0 Å². The summed E-state index contributed by atoms with van der Waals surface area (Å²) in [5, 5.41) is 3.80. The Labute approximate surface area is 130 Å². The summed E-state index contributed by atoms with van der Waals surface area (Å²) in [5.74, 6) is 0. The van der Waals surface area contributed by atoms with Crippen molar-refractivity contribution in [3.8, 4) is 0 Å². The van der Waals surface area contributed by atoms with Crippen molar-refractivity contribution in [1.82, 2.24) is 10.2 Å². The van der Waals surface area contributed by atoms with E-state index in [1.807, 2.05) is 0 Å². The maximum atomic E-state index is 3.80. The Morgan fingerprint density at radius 2 is 1.86 bits per heavy atom. The zero-order chi connectivity index (χ0) is 15.3. The summed E-state index contributed by atoms with van der Waals surface area (Å²) >= 11 is 0. The standard InChI is InChI=1S/C19H32N2/c1-5-11-17-14-21(18(6-2)7-3)19(4,15-20-17)16-12-9-8-10-13-16/h8-10,12-13,17-18,20H,5-7,11,14-15H2,1-4H3. The monoisotopic (exact) mass is 288 g/mol. The number of piperazine rings is 1. The molecule has 0 aromatic heterocycles. The highest BCUT2D eigenvalue weighted by Gasteiger charge is 2.41. The highest BCUT2D eigenvalue weighted by Crippen LogP contribution is 2.34. The number of benzene rings is 1. The third-order valence-corrected chi connectivity index (χ3v) is 5.20. The van der Waals surface area contributed by atoms with Crippen LogP contribution in [-0.4, -0.2) is 30.1 Å². The fraction of sp³-hybridized carbons (Fsp3) is 0.684. The van der Waals surface area contributed by atoms with Gasteiger partial charge in [0.25, 0.3) is 0 Å². The van der Waals surface area contributed by atoms with Crippen LogP contribution in [0.4, 0.5) is 0 Å². The van der Waals surface area contributed by atoms with Gasteiger partial charge in [0.05, 0.1) is 5.54 Å². The lowest BCUT2D eigenvalue weighted by molar-refractivity contribution is 0.00494. The molecule has 0 saturated carbocycles. The van der Waals surface area contributed by atoms with Gasteiger partial charge in [-0.05, 0) is 31.7 Å². The molecule has 0 amide bonds. The summed E-state index contributed by atoms with van der Waals surface area (Å²) < 4.78 is 0. The molecule has 0 bridgehead atoms. The van der Waals surface area contributed by atoms with Crippen LogP contribution in [0.3, 0.4) is 0 Å². The molecule has 2 atom stereocenters. The minimum Gasteiger partial charge on any atom is -0.311 e. The lowest BCUT2D eigenvalue weighted by Gasteiger charge is -2.52. The lowest BCUT2D eigenvalue weighted by atomic mass is 9.84. The Bertz CT molecular complexity index is 413. The van der Waals surface area contributed by atoms with Crippen LogP contribution in [0.15, 0.2) is 30.3 Å². The Morgan fingerprint density at radius 1 is 1.19 bits per heavy atom. The van der Waals surface area contributed by atoms with Crippen LogP contribution in [0.1, 0.15) is 58.9 Å². The zero-order valence-electron chi connectivity index (χ0n) is 14.2. The van der Waals surface area contributed by atoms with Crippen molar-refractivity contribution in [2.24, 2.45) is 0 Å². The molecule has 1 N–H and O–H groups in total. The second-order valence-corrected chi connectivity index (χ2v) is 6.63. The number of hydrogen-bond acceptors (Lipinski definition) is 2. The number of rotatable bonds is 6. The van der Waals surface area contributed by atoms with Crippen molar-refractivity contribution in [3.05, 3.63) is 35.9 Å². The van der Waals surface area contributed by atoms with E-state index in [1.165, 1.54) is 37.8 Å². The van der Waals surface area contributed by atoms with E-state index in [9.17, 15) is 0 Å². The molecule has 1 heterocycles. The first-order valence-electron chi connectivity index (χ1n) is 8.71. The number of nitrogens with one attached hydrogen (secondary N) is 1. The summed E-state index contributed by atoms with van der Waals surface area (Å²) in [6.07, 6.45) is 5.01. The van der Waals surface area contributed by atoms with Crippen LogP contribution in [0.2, 0.25) is 0 Å². The maximum absolute atomic E-state index is 3.80. The van der Waals surface area contributed by atoms with E-state index in [2.05, 4.69) is 68.2 Å². The van der Waals surface area contributed by atoms with Crippen LogP contribution in [-0.2, 0) is 5.54 Å². The molecular weight excluding hydrogens is 256 g/mol. The van der Waals surface area contributed by atoms with Gasteiger partial charge < -0.3 is 5.32 Å². The molecule has 2 heteroatoms. The van der Waals surface area contributed by atoms with Crippen molar-refractivity contribution >= 4 is 0 Å². The fourth-order valence-electron chi connectivity index (χ4n) is 3.84. The highest BCUT2D eigenvalue weighted by molar-refractivity contribution is 5.26. The normalized spacial score (nSPS) is 27.2. The number of hydrogen-bond donors (Lipinski definition) is 1. The second kappa shape index (κ2) is 7.42. The molecule has 1 aliphatic rings. The molecule has 1 aliphatic heterocycles. The van der Waals surface area contributed by atoms with E-state index >= 15 is 0 Å². The van der Waals surface area contributed by atoms with E-state index < -0.39 is 0 Å². The average molecular weight is 288 g/mol. The Morgan fingerprint density at radius 3 is 2.43 bits per heavy atom. The lowest BCUT2D eigenvalue weighted by Crippen LogP contribution is -2.64. The van der Waals surface area contributed by atoms with Crippen molar-refractivity contribution in [2.45, 2.75) is 71.0 Å². The largest absolute Gasteiger partial charge is 0.311 e. The third kappa shape index (κ3) is 3.49. The first kappa shape index (κ1) is 16.5. The first-order chi connectivity index (χ1) is 10.2. The minimum absolute atomic E-state index is 0.113. The van der Waals surface area contributed by atoms with Gasteiger partial charge in [-0.3, -0.25) is 4.90 Å². The minimum atomic E-state index is 0.113. The average Bonchev–Trinajstić information content (AvgIpc) is 2.53. The Kier molecular flexibility index (Phi) is 5.83. The van der Waals surface area contributed by atoms with Crippen LogP contribution in [0.5, 0.6) is 0 Å². The van der Waals surface area contributed by atoms with Gasteiger partial charge in [0, 0.05) is 25.2 Å². The summed E-state index contributed by atoms with van der Waals surface area (Å²) in [4.78, 5) is 2.78. The second-order valence-electron chi connectivity index (χ2n) is 6.63. The summed E-state index contributed by atoms with van der Waals surface area (Å²) in [6.45, 7) is 11.6. The van der Waals surface area contributed by atoms with Crippen molar-refractivity contribution in [1.29, 1.82) is 0 Å². The molecule has 118 valence electrons. The van der Waals surface area contributed by atoms with Crippen LogP contribution in [0.25, 0.3) is 0 Å². The molecule has 2 rings (SSSR count). The molecule has 2 nitrogen and oxygen atoms in total. The predicted molar refractivity (Wildman–Crippen MR) is 91.6 cm³/mol. The molecule has 1 aromatic carbocycles. The van der Waals surface area contributed by atoms with Crippen LogP contribution < -0.4 is 5.32 Å². The molecule has 0 aliphatic carbocycles. The molecule has 1 saturated heterocycles. The van der Waals surface area contributed by atoms with E-state index in [0.717, 1.165) is 6.54 Å². The molecular formula is C19H32N2. The predicted octanol–water partition coefficient (Wildman–Crippen LogP) is 4.16. The molecule has 2 unspecified atom stereocenters. The highest BCUT2D eigenvalue weighted by atomic mass is 15.3. The Balaban J connectivity index is 2.29. The first-order valence-corrected chi connectivity index (χ1v) is 8.71. The Hall–Kier alpha value is -0.860. The molecule has 0 spiro atoms. The fourth-order valence-corrected chi connectivity index (χ4v) is 3.84. The van der Waals surface area contributed by atoms with Crippen LogP contribution >= 0.6 is 0 Å². The third-order valence-electron chi connectivity index (χ3n) is 5.20. The van der Waals surface area contributed by atoms with Crippen molar-refractivity contribution < 1.29 is 0 Å². The van der Waals surface area contributed by atoms with Gasteiger partial charge in [0.15, 0.2) is 0 Å². The molecule has 21 heavy (non-hydrogen) atoms. The van der Waals surface area contributed by atoms with Crippen LogP contribution in [0, 0.1) is 0 Å². The topological polar surface area (TPSA) is 15.3 Å². The zero-order valence-corrected chi connectivity index (χ0v) is 14.2. The van der Waals surface area contributed by atoms with E-state index in [-0.39, 0.29) is 5.54 Å². The van der Waals surface area contributed by atoms with Crippen molar-refractivity contribution in [2.75, 3.05) is 13.1 Å². The summed E-state index contributed by atoms with van der Waals surface area (Å²) in [7, 11) is 0. The van der Waals surface area contributed by atoms with Gasteiger partial charge in [-0.15, -0.1) is 0 Å². The van der Waals surface area contributed by atoms with E-state index in [1.54, 1.807) is 0 Å². The molecule has 1 aromatic rings. The van der Waals surface area contributed by atoms with E-state index in [0.29, 0.717) is 12.1 Å². The molecule has 1 fully saturated rings. The summed E-state index contributed by atoms with van der Waals surface area (Å²) in [6, 6.07) is 12.4. The van der Waals surface area contributed by atoms with Crippen molar-refractivity contribution in [3.63, 3.8) is 0 Å². The number of nitrogens with zero attached hydrogens (tertiary/aromatic N) is 1. The van der Waals surface area contributed by atoms with Gasteiger partial charge in [0.1, 0.15) is 0 Å². The smallest absolute Gasteiger partial charge is 0.0560 e. The molecule has 0 radical (unpaired) electrons. The van der Waals surface area contributed by atoms with Gasteiger partial charge >= 0.3 is 0 Å². The van der Waals surface area contributed by atoms with Gasteiger partial charge in [-0.2, -0.15) is 0 Å². The quantitative estimate of drug-likeness (QED) is 0.845. The van der Waals surface area contributed by atoms with Gasteiger partial charge in [0.2, 0.25) is 0 Å². The van der Waals surface area contributed by atoms with Gasteiger partial charge in [-0.1, -0.05) is 57.5 Å².